The Labute approximate surface area is 137 Å². The van der Waals surface area contributed by atoms with Gasteiger partial charge in [-0.2, -0.15) is 0 Å². The number of fused-ring (bicyclic) bond motifs is 1. The highest BCUT2D eigenvalue weighted by Gasteiger charge is 2.14. The van der Waals surface area contributed by atoms with Gasteiger partial charge in [-0.05, 0) is 6.07 Å². The first kappa shape index (κ1) is 15.6. The number of hydrogen-bond donors (Lipinski definition) is 3. The van der Waals surface area contributed by atoms with Gasteiger partial charge in [0, 0.05) is 10.9 Å². The van der Waals surface area contributed by atoms with Crippen LogP contribution in [0, 0.1) is 0 Å². The molecule has 3 N–H and O–H groups in total. The van der Waals surface area contributed by atoms with Crippen LogP contribution in [-0.2, 0) is 0 Å². The maximum atomic E-state index is 12.3. The van der Waals surface area contributed by atoms with Gasteiger partial charge in [0.15, 0.2) is 5.75 Å². The number of aromatic nitrogens is 1. The Morgan fingerprint density at radius 3 is 2.42 bits per heavy atom. The van der Waals surface area contributed by atoms with Crippen LogP contribution in [-0.4, -0.2) is 29.3 Å². The number of amides is 1. The van der Waals surface area contributed by atoms with Crippen molar-refractivity contribution in [1.82, 2.24) is 10.3 Å². The van der Waals surface area contributed by atoms with Crippen LogP contribution >= 0.6 is 0 Å². The lowest BCUT2D eigenvalue weighted by Crippen LogP contribution is -2.26. The number of ether oxygens (including phenoxy) is 1. The Hall–Kier alpha value is -3.28. The summed E-state index contributed by atoms with van der Waals surface area (Å²) in [5.41, 5.74) is 1.21. The van der Waals surface area contributed by atoms with E-state index in [9.17, 15) is 9.59 Å². The Morgan fingerprint density at radius 2 is 1.71 bits per heavy atom. The summed E-state index contributed by atoms with van der Waals surface area (Å²) in [4.78, 5) is 25.8. The lowest BCUT2D eigenvalue weighted by molar-refractivity contribution is 0.191. The van der Waals surface area contributed by atoms with Crippen molar-refractivity contribution >= 4 is 16.9 Å². The van der Waals surface area contributed by atoms with E-state index in [-0.39, 0.29) is 18.7 Å². The lowest BCUT2D eigenvalue weighted by atomic mass is 10.1. The maximum Gasteiger partial charge on any atom is 0.404 e. The van der Waals surface area contributed by atoms with Gasteiger partial charge in [0.05, 0.1) is 17.6 Å². The Bertz CT molecular complexity index is 919. The molecule has 6 nitrogen and oxygen atoms in total. The molecule has 1 aromatic heterocycles. The molecule has 0 aliphatic rings. The molecule has 0 aliphatic heterocycles. The van der Waals surface area contributed by atoms with Gasteiger partial charge in [-0.15, -0.1) is 0 Å². The molecule has 0 unspecified atom stereocenters. The quantitative estimate of drug-likeness (QED) is 0.629. The van der Waals surface area contributed by atoms with Crippen LogP contribution in [0.2, 0.25) is 0 Å². The van der Waals surface area contributed by atoms with Crippen LogP contribution < -0.4 is 15.6 Å². The van der Waals surface area contributed by atoms with Crippen LogP contribution in [0.3, 0.4) is 0 Å². The highest BCUT2D eigenvalue weighted by atomic mass is 16.5. The average Bonchev–Trinajstić information content (AvgIpc) is 2.60. The average molecular weight is 324 g/mol. The second-order valence-corrected chi connectivity index (χ2v) is 5.15. The second kappa shape index (κ2) is 6.87. The van der Waals surface area contributed by atoms with Gasteiger partial charge in [0.1, 0.15) is 6.61 Å². The van der Waals surface area contributed by atoms with Crippen molar-refractivity contribution in [3.63, 3.8) is 0 Å². The molecule has 6 heteroatoms. The first-order chi connectivity index (χ1) is 11.7. The molecule has 0 bridgehead atoms. The predicted molar refractivity (Wildman–Crippen MR) is 91.5 cm³/mol. The summed E-state index contributed by atoms with van der Waals surface area (Å²) < 4.78 is 5.81. The number of rotatable bonds is 5. The van der Waals surface area contributed by atoms with Crippen LogP contribution in [0.25, 0.3) is 22.0 Å². The Kier molecular flexibility index (Phi) is 4.47. The molecule has 0 fully saturated rings. The van der Waals surface area contributed by atoms with E-state index in [2.05, 4.69) is 10.3 Å². The van der Waals surface area contributed by atoms with E-state index in [0.717, 1.165) is 5.56 Å². The van der Waals surface area contributed by atoms with E-state index in [0.29, 0.717) is 22.2 Å². The molecular formula is C18H16N2O4. The van der Waals surface area contributed by atoms with Crippen molar-refractivity contribution in [1.29, 1.82) is 0 Å². The fourth-order valence-electron chi connectivity index (χ4n) is 2.52. The fraction of sp³-hybridized carbons (Fsp3) is 0.111. The van der Waals surface area contributed by atoms with E-state index in [1.54, 1.807) is 12.1 Å². The molecule has 122 valence electrons. The zero-order valence-corrected chi connectivity index (χ0v) is 12.8. The van der Waals surface area contributed by atoms with Crippen molar-refractivity contribution in [3.8, 4) is 17.0 Å². The normalized spacial score (nSPS) is 10.5. The van der Waals surface area contributed by atoms with Crippen molar-refractivity contribution in [2.45, 2.75) is 0 Å². The van der Waals surface area contributed by atoms with Gasteiger partial charge >= 0.3 is 6.09 Å². The number of aromatic amines is 1. The number of pyridine rings is 1. The van der Waals surface area contributed by atoms with Crippen LogP contribution in [0.5, 0.6) is 5.75 Å². The van der Waals surface area contributed by atoms with Crippen molar-refractivity contribution in [3.05, 3.63) is 65.0 Å². The molecule has 0 saturated carbocycles. The number of nitrogens with one attached hydrogen (secondary N) is 2. The molecule has 0 spiro atoms. The summed E-state index contributed by atoms with van der Waals surface area (Å²) in [5, 5.41) is 12.1. The highest BCUT2D eigenvalue weighted by molar-refractivity contribution is 5.92. The van der Waals surface area contributed by atoms with Gasteiger partial charge in [0.25, 0.3) is 5.56 Å². The third-order valence-electron chi connectivity index (χ3n) is 3.57. The molecule has 3 aromatic rings. The minimum Gasteiger partial charge on any atom is -0.489 e. The molecule has 0 radical (unpaired) electrons. The van der Waals surface area contributed by atoms with E-state index in [1.165, 1.54) is 0 Å². The molecule has 2 aromatic carbocycles. The first-order valence-electron chi connectivity index (χ1n) is 7.47. The van der Waals surface area contributed by atoms with Gasteiger partial charge in [-0.25, -0.2) is 4.79 Å². The lowest BCUT2D eigenvalue weighted by Gasteiger charge is -2.14. The number of benzene rings is 2. The van der Waals surface area contributed by atoms with E-state index >= 15 is 0 Å². The van der Waals surface area contributed by atoms with Gasteiger partial charge in [-0.1, -0.05) is 48.5 Å². The SMILES string of the molecule is O=C(O)NCCOc1c(-c2ccccc2)[nH]c(=O)c2ccccc12. The Morgan fingerprint density at radius 1 is 1.04 bits per heavy atom. The van der Waals surface area contributed by atoms with E-state index < -0.39 is 6.09 Å². The summed E-state index contributed by atoms with van der Waals surface area (Å²) in [6.45, 7) is 0.305. The minimum atomic E-state index is -1.10. The molecule has 24 heavy (non-hydrogen) atoms. The Balaban J connectivity index is 2.07. The molecule has 0 saturated heterocycles. The van der Waals surface area contributed by atoms with Crippen LogP contribution in [0.1, 0.15) is 0 Å². The van der Waals surface area contributed by atoms with E-state index in [1.807, 2.05) is 42.5 Å². The molecule has 3 rings (SSSR count). The summed E-state index contributed by atoms with van der Waals surface area (Å²) in [5.74, 6) is 0.531. The highest BCUT2D eigenvalue weighted by Crippen LogP contribution is 2.33. The monoisotopic (exact) mass is 324 g/mol. The van der Waals surface area contributed by atoms with Crippen LogP contribution in [0.4, 0.5) is 4.79 Å². The molecule has 1 amide bonds. The largest absolute Gasteiger partial charge is 0.489 e. The summed E-state index contributed by atoms with van der Waals surface area (Å²) >= 11 is 0. The maximum absolute atomic E-state index is 12.3. The topological polar surface area (TPSA) is 91.4 Å². The third kappa shape index (κ3) is 3.22. The number of hydrogen-bond acceptors (Lipinski definition) is 3. The van der Waals surface area contributed by atoms with Gasteiger partial charge < -0.3 is 20.1 Å². The molecular weight excluding hydrogens is 308 g/mol. The van der Waals surface area contributed by atoms with Crippen molar-refractivity contribution in [2.75, 3.05) is 13.2 Å². The predicted octanol–water partition coefficient (Wildman–Crippen LogP) is 2.84. The molecule has 0 atom stereocenters. The van der Waals surface area contributed by atoms with Crippen molar-refractivity contribution < 1.29 is 14.6 Å². The summed E-state index contributed by atoms with van der Waals surface area (Å²) in [7, 11) is 0. The molecule has 1 heterocycles. The second-order valence-electron chi connectivity index (χ2n) is 5.15. The number of H-pyrrole nitrogens is 1. The number of carboxylic acid groups (broad SMARTS) is 1. The third-order valence-corrected chi connectivity index (χ3v) is 3.57. The fourth-order valence-corrected chi connectivity index (χ4v) is 2.52. The number of carbonyl (C=O) groups is 1. The zero-order valence-electron chi connectivity index (χ0n) is 12.8. The summed E-state index contributed by atoms with van der Waals surface area (Å²) in [6, 6.07) is 16.6. The zero-order chi connectivity index (χ0) is 16.9. The van der Waals surface area contributed by atoms with E-state index in [4.69, 9.17) is 9.84 Å². The van der Waals surface area contributed by atoms with Crippen molar-refractivity contribution in [2.24, 2.45) is 0 Å². The molecule has 0 aliphatic carbocycles. The van der Waals surface area contributed by atoms with Crippen LogP contribution in [0.15, 0.2) is 59.4 Å². The standard InChI is InChI=1S/C18H16N2O4/c21-17-14-9-5-4-8-13(14)16(24-11-10-19-18(22)23)15(20-17)12-6-2-1-3-7-12/h1-9,19H,10-11H2,(H,20,21)(H,22,23). The smallest absolute Gasteiger partial charge is 0.404 e. The minimum absolute atomic E-state index is 0.150. The van der Waals surface area contributed by atoms with Gasteiger partial charge in [0.2, 0.25) is 0 Å². The summed E-state index contributed by atoms with van der Waals surface area (Å²) in [6.07, 6.45) is -1.10. The first-order valence-corrected chi connectivity index (χ1v) is 7.47. The van der Waals surface area contributed by atoms with Gasteiger partial charge in [-0.3, -0.25) is 4.79 Å².